The van der Waals surface area contributed by atoms with E-state index in [9.17, 15) is 13.6 Å². The van der Waals surface area contributed by atoms with Gasteiger partial charge in [-0.1, -0.05) is 0 Å². The van der Waals surface area contributed by atoms with E-state index in [1.807, 2.05) is 0 Å². The highest BCUT2D eigenvalue weighted by Crippen LogP contribution is 2.50. The highest BCUT2D eigenvalue weighted by Gasteiger charge is 2.46. The zero-order chi connectivity index (χ0) is 10.2. The van der Waals surface area contributed by atoms with Crippen molar-refractivity contribution in [2.75, 3.05) is 0 Å². The molecule has 0 bridgehead atoms. The molecule has 0 radical (unpaired) electrons. The van der Waals surface area contributed by atoms with Gasteiger partial charge >= 0.3 is 0 Å². The first-order chi connectivity index (χ1) is 6.68. The summed E-state index contributed by atoms with van der Waals surface area (Å²) >= 11 is 0. The van der Waals surface area contributed by atoms with E-state index in [0.29, 0.717) is 12.8 Å². The van der Waals surface area contributed by atoms with Crippen molar-refractivity contribution in [1.29, 1.82) is 0 Å². The standard InChI is InChI=1S/C10H7F2NO/c11-7-1-2-9(12)8(5-7)10(3-4-10)13-6-14/h1-2,5H,3-4H2. The molecule has 1 aliphatic rings. The summed E-state index contributed by atoms with van der Waals surface area (Å²) in [6, 6.07) is 3.17. The minimum absolute atomic E-state index is 0.154. The molecule has 0 amide bonds. The van der Waals surface area contributed by atoms with Crippen LogP contribution in [0.3, 0.4) is 0 Å². The molecule has 0 heterocycles. The van der Waals surface area contributed by atoms with Crippen LogP contribution in [0, 0.1) is 11.6 Å². The van der Waals surface area contributed by atoms with Gasteiger partial charge < -0.3 is 0 Å². The van der Waals surface area contributed by atoms with Crippen molar-refractivity contribution in [1.82, 2.24) is 0 Å². The van der Waals surface area contributed by atoms with E-state index in [0.717, 1.165) is 18.2 Å². The van der Waals surface area contributed by atoms with E-state index >= 15 is 0 Å². The molecule has 1 aliphatic carbocycles. The lowest BCUT2D eigenvalue weighted by Gasteiger charge is -2.08. The Labute approximate surface area is 79.3 Å². The van der Waals surface area contributed by atoms with Gasteiger partial charge in [0.25, 0.3) is 0 Å². The van der Waals surface area contributed by atoms with Crippen molar-refractivity contribution < 1.29 is 13.6 Å². The number of carbonyl (C=O) groups excluding carboxylic acids is 1. The average molecular weight is 195 g/mol. The summed E-state index contributed by atoms with van der Waals surface area (Å²) in [6.07, 6.45) is 2.55. The van der Waals surface area contributed by atoms with E-state index < -0.39 is 17.2 Å². The number of hydrogen-bond donors (Lipinski definition) is 0. The third-order valence-corrected chi connectivity index (χ3v) is 2.41. The monoisotopic (exact) mass is 195 g/mol. The second-order valence-electron chi connectivity index (χ2n) is 3.36. The van der Waals surface area contributed by atoms with Gasteiger partial charge in [0.05, 0.1) is 0 Å². The van der Waals surface area contributed by atoms with Crippen LogP contribution in [0.15, 0.2) is 23.2 Å². The largest absolute Gasteiger partial charge is 0.235 e. The maximum atomic E-state index is 13.3. The van der Waals surface area contributed by atoms with Crippen LogP contribution < -0.4 is 0 Å². The van der Waals surface area contributed by atoms with Gasteiger partial charge in [-0.05, 0) is 31.0 Å². The van der Waals surface area contributed by atoms with Crippen molar-refractivity contribution in [2.45, 2.75) is 18.4 Å². The van der Waals surface area contributed by atoms with Crippen LogP contribution in [0.1, 0.15) is 18.4 Å². The van der Waals surface area contributed by atoms with E-state index in [1.54, 1.807) is 0 Å². The number of rotatable bonds is 2. The Morgan fingerprint density at radius 3 is 2.64 bits per heavy atom. The predicted octanol–water partition coefficient (Wildman–Crippen LogP) is 2.29. The van der Waals surface area contributed by atoms with Crippen molar-refractivity contribution >= 4 is 6.08 Å². The Balaban J connectivity index is 2.50. The van der Waals surface area contributed by atoms with Crippen LogP contribution >= 0.6 is 0 Å². The van der Waals surface area contributed by atoms with Gasteiger partial charge in [-0.2, -0.15) is 4.99 Å². The van der Waals surface area contributed by atoms with Crippen molar-refractivity contribution in [3.8, 4) is 0 Å². The lowest BCUT2D eigenvalue weighted by Crippen LogP contribution is -2.05. The molecule has 4 heteroatoms. The van der Waals surface area contributed by atoms with E-state index in [-0.39, 0.29) is 5.56 Å². The molecule has 72 valence electrons. The van der Waals surface area contributed by atoms with Crippen LogP contribution in [0.4, 0.5) is 8.78 Å². The zero-order valence-electron chi connectivity index (χ0n) is 7.26. The summed E-state index contributed by atoms with van der Waals surface area (Å²) in [6.45, 7) is 0. The Bertz CT molecular complexity index is 420. The van der Waals surface area contributed by atoms with Gasteiger partial charge in [0.15, 0.2) is 0 Å². The average Bonchev–Trinajstić information content (AvgIpc) is 2.91. The molecule has 1 saturated carbocycles. The molecule has 2 nitrogen and oxygen atoms in total. The Morgan fingerprint density at radius 2 is 2.07 bits per heavy atom. The second kappa shape index (κ2) is 3.00. The number of nitrogens with zero attached hydrogens (tertiary/aromatic N) is 1. The molecule has 1 aromatic rings. The predicted molar refractivity (Wildman–Crippen MR) is 45.4 cm³/mol. The van der Waals surface area contributed by atoms with E-state index in [2.05, 4.69) is 4.99 Å². The molecule has 0 spiro atoms. The first-order valence-electron chi connectivity index (χ1n) is 4.22. The number of benzene rings is 1. The summed E-state index contributed by atoms with van der Waals surface area (Å²) in [5, 5.41) is 0. The van der Waals surface area contributed by atoms with Gasteiger partial charge in [-0.3, -0.25) is 0 Å². The van der Waals surface area contributed by atoms with Gasteiger partial charge in [-0.15, -0.1) is 0 Å². The van der Waals surface area contributed by atoms with Gasteiger partial charge in [0.1, 0.15) is 17.2 Å². The lowest BCUT2D eigenvalue weighted by atomic mass is 10.0. The SMILES string of the molecule is O=C=NC1(c2cc(F)ccc2F)CC1. The van der Waals surface area contributed by atoms with Crippen molar-refractivity contribution in [3.05, 3.63) is 35.4 Å². The molecular formula is C10H7F2NO. The summed E-state index contributed by atoms with van der Waals surface area (Å²) in [7, 11) is 0. The van der Waals surface area contributed by atoms with Crippen LogP contribution in [0.2, 0.25) is 0 Å². The molecule has 0 unspecified atom stereocenters. The van der Waals surface area contributed by atoms with Gasteiger partial charge in [-0.25, -0.2) is 13.6 Å². The smallest absolute Gasteiger partial charge is 0.211 e. The van der Waals surface area contributed by atoms with Crippen LogP contribution in [0.5, 0.6) is 0 Å². The van der Waals surface area contributed by atoms with E-state index in [1.165, 1.54) is 6.08 Å². The second-order valence-corrected chi connectivity index (χ2v) is 3.36. The maximum absolute atomic E-state index is 13.3. The third kappa shape index (κ3) is 1.34. The Hall–Kier alpha value is -1.54. The molecule has 1 fully saturated rings. The van der Waals surface area contributed by atoms with Crippen molar-refractivity contribution in [2.24, 2.45) is 4.99 Å². The molecule has 0 N–H and O–H groups in total. The summed E-state index contributed by atoms with van der Waals surface area (Å²) in [5.74, 6) is -1.04. The molecule has 14 heavy (non-hydrogen) atoms. The number of hydrogen-bond acceptors (Lipinski definition) is 2. The van der Waals surface area contributed by atoms with Crippen LogP contribution in [0.25, 0.3) is 0 Å². The molecule has 0 aromatic heterocycles. The van der Waals surface area contributed by atoms with Gasteiger partial charge in [0.2, 0.25) is 6.08 Å². The Morgan fingerprint density at radius 1 is 1.36 bits per heavy atom. The Kier molecular flexibility index (Phi) is 1.93. The first-order valence-corrected chi connectivity index (χ1v) is 4.22. The normalized spacial score (nSPS) is 17.3. The molecule has 2 rings (SSSR count). The zero-order valence-corrected chi connectivity index (χ0v) is 7.26. The summed E-state index contributed by atoms with van der Waals surface area (Å²) < 4.78 is 26.1. The highest BCUT2D eigenvalue weighted by molar-refractivity contribution is 5.41. The number of halogens is 2. The van der Waals surface area contributed by atoms with Crippen molar-refractivity contribution in [3.63, 3.8) is 0 Å². The fourth-order valence-corrected chi connectivity index (χ4v) is 1.50. The summed E-state index contributed by atoms with van der Waals surface area (Å²) in [4.78, 5) is 13.6. The quantitative estimate of drug-likeness (QED) is 0.525. The topological polar surface area (TPSA) is 29.4 Å². The first kappa shape index (κ1) is 9.03. The maximum Gasteiger partial charge on any atom is 0.235 e. The van der Waals surface area contributed by atoms with Crippen LogP contribution in [-0.2, 0) is 10.3 Å². The lowest BCUT2D eigenvalue weighted by molar-refractivity contribution is 0.541. The fourth-order valence-electron chi connectivity index (χ4n) is 1.50. The van der Waals surface area contributed by atoms with Crippen LogP contribution in [-0.4, -0.2) is 6.08 Å². The molecule has 1 aromatic carbocycles. The number of aliphatic imine (C=N–C) groups is 1. The summed E-state index contributed by atoms with van der Waals surface area (Å²) in [5.41, 5.74) is -0.686. The number of isocyanates is 1. The third-order valence-electron chi connectivity index (χ3n) is 2.41. The highest BCUT2D eigenvalue weighted by atomic mass is 19.1. The van der Waals surface area contributed by atoms with Gasteiger partial charge in [0, 0.05) is 5.56 Å². The molecular weight excluding hydrogens is 188 g/mol. The minimum atomic E-state index is -0.839. The van der Waals surface area contributed by atoms with E-state index in [4.69, 9.17) is 0 Å². The molecule has 0 atom stereocenters. The molecule has 0 aliphatic heterocycles. The fraction of sp³-hybridized carbons (Fsp3) is 0.300. The minimum Gasteiger partial charge on any atom is -0.211 e. The molecule has 0 saturated heterocycles.